The molecule has 24 heavy (non-hydrogen) atoms. The van der Waals surface area contributed by atoms with Gasteiger partial charge in [0.15, 0.2) is 17.5 Å². The van der Waals surface area contributed by atoms with Crippen molar-refractivity contribution in [2.24, 2.45) is 4.99 Å². The van der Waals surface area contributed by atoms with Gasteiger partial charge in [0.25, 0.3) is 0 Å². The van der Waals surface area contributed by atoms with Crippen molar-refractivity contribution in [1.29, 1.82) is 0 Å². The first-order valence-electron chi connectivity index (χ1n) is 7.05. The van der Waals surface area contributed by atoms with E-state index in [9.17, 15) is 0 Å². The molecular formula is C16H21BrIN3O3. The molecule has 1 aromatic heterocycles. The van der Waals surface area contributed by atoms with Crippen LogP contribution in [0.25, 0.3) is 0 Å². The summed E-state index contributed by atoms with van der Waals surface area (Å²) in [7, 11) is 4.95. The van der Waals surface area contributed by atoms with Crippen LogP contribution in [0, 0.1) is 0 Å². The minimum absolute atomic E-state index is 0. The van der Waals surface area contributed by atoms with Crippen molar-refractivity contribution in [2.45, 2.75) is 13.1 Å². The van der Waals surface area contributed by atoms with Gasteiger partial charge >= 0.3 is 0 Å². The summed E-state index contributed by atoms with van der Waals surface area (Å²) in [5.41, 5.74) is 1.04. The Morgan fingerprint density at radius 2 is 1.96 bits per heavy atom. The summed E-state index contributed by atoms with van der Waals surface area (Å²) in [5.74, 6) is 2.89. The molecule has 0 saturated heterocycles. The summed E-state index contributed by atoms with van der Waals surface area (Å²) in [6.45, 7) is 1.17. The molecule has 6 nitrogen and oxygen atoms in total. The smallest absolute Gasteiger partial charge is 0.191 e. The molecule has 0 fully saturated rings. The van der Waals surface area contributed by atoms with Crippen LogP contribution in [-0.2, 0) is 13.1 Å². The van der Waals surface area contributed by atoms with E-state index < -0.39 is 0 Å². The number of benzene rings is 1. The Labute approximate surface area is 167 Å². The van der Waals surface area contributed by atoms with Crippen LogP contribution in [0.3, 0.4) is 0 Å². The van der Waals surface area contributed by atoms with Crippen LogP contribution in [0.4, 0.5) is 0 Å². The first kappa shape index (κ1) is 20.6. The van der Waals surface area contributed by atoms with Crippen LogP contribution in [0.2, 0.25) is 0 Å². The van der Waals surface area contributed by atoms with Crippen molar-refractivity contribution in [3.8, 4) is 11.5 Å². The maximum atomic E-state index is 5.35. The van der Waals surface area contributed by atoms with Crippen molar-refractivity contribution in [1.82, 2.24) is 10.6 Å². The number of guanidine groups is 1. The van der Waals surface area contributed by atoms with E-state index >= 15 is 0 Å². The predicted octanol–water partition coefficient (Wildman–Crippen LogP) is 3.54. The second kappa shape index (κ2) is 10.4. The molecule has 1 aromatic carbocycles. The molecule has 132 valence electrons. The van der Waals surface area contributed by atoms with Crippen LogP contribution in [0.1, 0.15) is 11.3 Å². The third kappa shape index (κ3) is 5.59. The number of halogens is 2. The van der Waals surface area contributed by atoms with Gasteiger partial charge in [-0.25, -0.2) is 0 Å². The molecule has 0 aliphatic carbocycles. The lowest BCUT2D eigenvalue weighted by Crippen LogP contribution is -2.36. The van der Waals surface area contributed by atoms with Crippen molar-refractivity contribution >= 4 is 45.9 Å². The van der Waals surface area contributed by atoms with E-state index in [4.69, 9.17) is 13.9 Å². The standard InChI is InChI=1S/C16H20BrN3O3.HI/c1-18-16(20-10-12-5-4-6-23-12)19-9-11-7-13(17)15(22-3)14(8-11)21-2;/h4-8H,9-10H2,1-3H3,(H2,18,19,20);1H. The van der Waals surface area contributed by atoms with E-state index in [1.807, 2.05) is 24.3 Å². The number of rotatable bonds is 6. The van der Waals surface area contributed by atoms with Gasteiger partial charge in [-0.2, -0.15) is 0 Å². The fourth-order valence-electron chi connectivity index (χ4n) is 2.06. The van der Waals surface area contributed by atoms with Crippen LogP contribution < -0.4 is 20.1 Å². The van der Waals surface area contributed by atoms with E-state index in [-0.39, 0.29) is 24.0 Å². The van der Waals surface area contributed by atoms with E-state index in [0.717, 1.165) is 15.8 Å². The lowest BCUT2D eigenvalue weighted by molar-refractivity contribution is 0.352. The quantitative estimate of drug-likeness (QED) is 0.354. The number of hydrogen-bond acceptors (Lipinski definition) is 4. The first-order valence-corrected chi connectivity index (χ1v) is 7.84. The number of ether oxygens (including phenoxy) is 2. The molecular weight excluding hydrogens is 489 g/mol. The monoisotopic (exact) mass is 509 g/mol. The number of nitrogens with zero attached hydrogens (tertiary/aromatic N) is 1. The van der Waals surface area contributed by atoms with Gasteiger partial charge in [0.1, 0.15) is 5.76 Å². The molecule has 0 amide bonds. The van der Waals surface area contributed by atoms with Gasteiger partial charge in [0.2, 0.25) is 0 Å². The lowest BCUT2D eigenvalue weighted by atomic mass is 10.2. The van der Waals surface area contributed by atoms with Gasteiger partial charge in [0.05, 0.1) is 31.5 Å². The molecule has 2 N–H and O–H groups in total. The number of nitrogens with one attached hydrogen (secondary N) is 2. The molecule has 0 aliphatic rings. The highest BCUT2D eigenvalue weighted by molar-refractivity contribution is 14.0. The highest BCUT2D eigenvalue weighted by Gasteiger charge is 2.10. The predicted molar refractivity (Wildman–Crippen MR) is 108 cm³/mol. The molecule has 2 aromatic rings. The normalized spacial score (nSPS) is 10.8. The van der Waals surface area contributed by atoms with E-state index in [2.05, 4.69) is 31.6 Å². The van der Waals surface area contributed by atoms with Crippen LogP contribution in [-0.4, -0.2) is 27.2 Å². The molecule has 0 bridgehead atoms. The van der Waals surface area contributed by atoms with Gasteiger partial charge in [-0.3, -0.25) is 4.99 Å². The zero-order chi connectivity index (χ0) is 16.7. The van der Waals surface area contributed by atoms with Gasteiger partial charge in [-0.1, -0.05) is 0 Å². The summed E-state index contributed by atoms with van der Waals surface area (Å²) < 4.78 is 16.8. The highest BCUT2D eigenvalue weighted by Crippen LogP contribution is 2.36. The maximum absolute atomic E-state index is 5.35. The van der Waals surface area contributed by atoms with Gasteiger partial charge < -0.3 is 24.5 Å². The number of methoxy groups -OCH3 is 2. The molecule has 0 saturated carbocycles. The fourth-order valence-corrected chi connectivity index (χ4v) is 2.72. The highest BCUT2D eigenvalue weighted by atomic mass is 127. The fraction of sp³-hybridized carbons (Fsp3) is 0.312. The number of furan rings is 1. The Bertz CT molecular complexity index is 663. The average molecular weight is 510 g/mol. The molecule has 2 rings (SSSR count). The SMILES string of the molecule is CN=C(NCc1cc(Br)c(OC)c(OC)c1)NCc1ccco1.I. The summed E-state index contributed by atoms with van der Waals surface area (Å²) in [4.78, 5) is 4.19. The summed E-state index contributed by atoms with van der Waals surface area (Å²) in [6, 6.07) is 7.67. The second-order valence-corrected chi connectivity index (χ2v) is 5.53. The third-order valence-corrected chi connectivity index (χ3v) is 3.78. The molecule has 0 unspecified atom stereocenters. The molecule has 0 atom stereocenters. The van der Waals surface area contributed by atoms with Gasteiger partial charge in [-0.05, 0) is 45.8 Å². The van der Waals surface area contributed by atoms with E-state index in [1.165, 1.54) is 0 Å². The molecule has 0 spiro atoms. The Kier molecular flexibility index (Phi) is 8.98. The molecule has 1 heterocycles. The Morgan fingerprint density at radius 1 is 1.21 bits per heavy atom. The van der Waals surface area contributed by atoms with Crippen molar-refractivity contribution in [2.75, 3.05) is 21.3 Å². The zero-order valence-electron chi connectivity index (χ0n) is 13.8. The molecule has 0 radical (unpaired) electrons. The number of aliphatic imine (C=N–C) groups is 1. The minimum Gasteiger partial charge on any atom is -0.493 e. The van der Waals surface area contributed by atoms with E-state index in [0.29, 0.717) is 30.5 Å². The molecule has 8 heteroatoms. The second-order valence-electron chi connectivity index (χ2n) is 4.67. The molecule has 0 aliphatic heterocycles. The summed E-state index contributed by atoms with van der Waals surface area (Å²) in [6.07, 6.45) is 1.65. The van der Waals surface area contributed by atoms with Crippen molar-refractivity contribution in [3.63, 3.8) is 0 Å². The largest absolute Gasteiger partial charge is 0.493 e. The lowest BCUT2D eigenvalue weighted by Gasteiger charge is -2.14. The van der Waals surface area contributed by atoms with Crippen molar-refractivity contribution in [3.05, 3.63) is 46.3 Å². The Hall–Kier alpha value is -1.42. The van der Waals surface area contributed by atoms with Crippen LogP contribution in [0.15, 0.2) is 44.4 Å². The van der Waals surface area contributed by atoms with Crippen molar-refractivity contribution < 1.29 is 13.9 Å². The van der Waals surface area contributed by atoms with Crippen LogP contribution in [0.5, 0.6) is 11.5 Å². The Morgan fingerprint density at radius 3 is 2.54 bits per heavy atom. The Balaban J connectivity index is 0.00000288. The summed E-state index contributed by atoms with van der Waals surface area (Å²) >= 11 is 3.49. The maximum Gasteiger partial charge on any atom is 0.191 e. The summed E-state index contributed by atoms with van der Waals surface area (Å²) in [5, 5.41) is 6.43. The zero-order valence-corrected chi connectivity index (χ0v) is 17.7. The number of hydrogen-bond donors (Lipinski definition) is 2. The first-order chi connectivity index (χ1) is 11.2. The van der Waals surface area contributed by atoms with Crippen LogP contribution >= 0.6 is 39.9 Å². The van der Waals surface area contributed by atoms with E-state index in [1.54, 1.807) is 27.5 Å². The van der Waals surface area contributed by atoms with Gasteiger partial charge in [-0.15, -0.1) is 24.0 Å². The third-order valence-electron chi connectivity index (χ3n) is 3.19. The minimum atomic E-state index is 0. The average Bonchev–Trinajstić information content (AvgIpc) is 3.07. The van der Waals surface area contributed by atoms with Gasteiger partial charge in [0, 0.05) is 13.6 Å². The topological polar surface area (TPSA) is 68.0 Å².